The molecule has 1 aromatic rings. The predicted octanol–water partition coefficient (Wildman–Crippen LogP) is 1.72. The maximum atomic E-state index is 12.2. The molecule has 0 saturated carbocycles. The molecule has 0 spiro atoms. The van der Waals surface area contributed by atoms with Gasteiger partial charge in [0.2, 0.25) is 0 Å². The number of halogens is 3. The van der Waals surface area contributed by atoms with E-state index in [2.05, 4.69) is 9.84 Å². The van der Waals surface area contributed by atoms with Gasteiger partial charge in [-0.1, -0.05) is 11.6 Å². The first-order valence-corrected chi connectivity index (χ1v) is 3.55. The molecular formula is C6H5ClF2N2O2. The first-order valence-electron chi connectivity index (χ1n) is 3.17. The van der Waals surface area contributed by atoms with Crippen LogP contribution in [-0.2, 0) is 4.74 Å². The van der Waals surface area contributed by atoms with E-state index in [1.165, 1.54) is 0 Å². The largest absolute Gasteiger partial charge is 0.464 e. The number of hydrogen-bond donors (Lipinski definition) is 0. The van der Waals surface area contributed by atoms with Gasteiger partial charge in [-0.25, -0.2) is 4.79 Å². The van der Waals surface area contributed by atoms with Crippen LogP contribution in [0.5, 0.6) is 0 Å². The molecule has 0 aliphatic rings. The van der Waals surface area contributed by atoms with Crippen molar-refractivity contribution in [3.05, 3.63) is 16.9 Å². The van der Waals surface area contributed by atoms with Crippen LogP contribution in [0.2, 0.25) is 5.02 Å². The highest BCUT2D eigenvalue weighted by molar-refractivity contribution is 6.33. The highest BCUT2D eigenvalue weighted by Gasteiger charge is 2.22. The first-order chi connectivity index (χ1) is 6.07. The highest BCUT2D eigenvalue weighted by atomic mass is 35.5. The van der Waals surface area contributed by atoms with E-state index in [1.807, 2.05) is 0 Å². The standard InChI is InChI=1S/C6H5ClF2N2O2/c1-13-5(12)4-3(7)2-10-11(4)6(8)9/h2,6H,1H3. The van der Waals surface area contributed by atoms with Crippen molar-refractivity contribution in [3.8, 4) is 0 Å². The minimum Gasteiger partial charge on any atom is -0.464 e. The molecule has 13 heavy (non-hydrogen) atoms. The van der Waals surface area contributed by atoms with Crippen molar-refractivity contribution in [2.24, 2.45) is 0 Å². The Kier molecular flexibility index (Phi) is 2.82. The number of alkyl halides is 2. The summed E-state index contributed by atoms with van der Waals surface area (Å²) >= 11 is 5.45. The number of ether oxygens (including phenoxy) is 1. The number of hydrogen-bond acceptors (Lipinski definition) is 3. The topological polar surface area (TPSA) is 44.1 Å². The van der Waals surface area contributed by atoms with Crippen LogP contribution in [0.25, 0.3) is 0 Å². The second-order valence-electron chi connectivity index (χ2n) is 2.05. The van der Waals surface area contributed by atoms with Gasteiger partial charge in [-0.2, -0.15) is 18.6 Å². The third kappa shape index (κ3) is 1.77. The highest BCUT2D eigenvalue weighted by Crippen LogP contribution is 2.21. The summed E-state index contributed by atoms with van der Waals surface area (Å²) in [6.07, 6.45) is 0.958. The SMILES string of the molecule is COC(=O)c1c(Cl)cnn1C(F)F. The summed E-state index contributed by atoms with van der Waals surface area (Å²) < 4.78 is 28.8. The number of rotatable bonds is 2. The van der Waals surface area contributed by atoms with Crippen LogP contribution in [0.3, 0.4) is 0 Å². The Hall–Kier alpha value is -1.17. The Morgan fingerprint density at radius 1 is 1.77 bits per heavy atom. The molecule has 0 atom stereocenters. The van der Waals surface area contributed by atoms with E-state index in [9.17, 15) is 13.6 Å². The zero-order chi connectivity index (χ0) is 10.0. The molecule has 0 unspecified atom stereocenters. The van der Waals surface area contributed by atoms with Gasteiger partial charge in [0, 0.05) is 0 Å². The molecule has 1 heterocycles. The maximum Gasteiger partial charge on any atom is 0.358 e. The Bertz CT molecular complexity index is 326. The number of methoxy groups -OCH3 is 1. The summed E-state index contributed by atoms with van der Waals surface area (Å²) in [5.41, 5.74) is -0.445. The van der Waals surface area contributed by atoms with Gasteiger partial charge in [-0.3, -0.25) is 0 Å². The van der Waals surface area contributed by atoms with Gasteiger partial charge in [-0.05, 0) is 0 Å². The van der Waals surface area contributed by atoms with Crippen molar-refractivity contribution in [3.63, 3.8) is 0 Å². The summed E-state index contributed by atoms with van der Waals surface area (Å²) in [5, 5.41) is 3.06. The molecule has 7 heteroatoms. The summed E-state index contributed by atoms with van der Waals surface area (Å²) in [5.74, 6) is -0.942. The summed E-state index contributed by atoms with van der Waals surface area (Å²) in [4.78, 5) is 10.9. The Balaban J connectivity index is 3.16. The van der Waals surface area contributed by atoms with Crippen LogP contribution < -0.4 is 0 Å². The Labute approximate surface area is 77.0 Å². The van der Waals surface area contributed by atoms with E-state index in [-0.39, 0.29) is 9.70 Å². The molecular weight excluding hydrogens is 206 g/mol. The quantitative estimate of drug-likeness (QED) is 0.698. The molecule has 0 bridgehead atoms. The van der Waals surface area contributed by atoms with Crippen LogP contribution in [-0.4, -0.2) is 22.9 Å². The lowest BCUT2D eigenvalue weighted by atomic mass is 10.4. The molecule has 0 N–H and O–H groups in total. The Morgan fingerprint density at radius 2 is 2.38 bits per heavy atom. The van der Waals surface area contributed by atoms with Crippen molar-refractivity contribution < 1.29 is 18.3 Å². The monoisotopic (exact) mass is 210 g/mol. The van der Waals surface area contributed by atoms with Gasteiger partial charge in [-0.15, -0.1) is 0 Å². The molecule has 4 nitrogen and oxygen atoms in total. The molecule has 0 saturated heterocycles. The van der Waals surface area contributed by atoms with Crippen LogP contribution in [0, 0.1) is 0 Å². The number of nitrogens with zero attached hydrogens (tertiary/aromatic N) is 2. The molecule has 0 amide bonds. The van der Waals surface area contributed by atoms with E-state index in [1.54, 1.807) is 0 Å². The first kappa shape index (κ1) is 9.91. The normalized spacial score (nSPS) is 10.5. The van der Waals surface area contributed by atoms with E-state index >= 15 is 0 Å². The zero-order valence-electron chi connectivity index (χ0n) is 6.50. The van der Waals surface area contributed by atoms with Crippen LogP contribution in [0.1, 0.15) is 17.0 Å². The van der Waals surface area contributed by atoms with Gasteiger partial charge in [0.15, 0.2) is 5.69 Å². The van der Waals surface area contributed by atoms with Crippen molar-refractivity contribution in [2.75, 3.05) is 7.11 Å². The summed E-state index contributed by atoms with van der Waals surface area (Å²) in [6, 6.07) is 0. The van der Waals surface area contributed by atoms with Gasteiger partial charge in [0.05, 0.1) is 18.3 Å². The fourth-order valence-electron chi connectivity index (χ4n) is 0.777. The summed E-state index contributed by atoms with van der Waals surface area (Å²) in [7, 11) is 1.07. The number of esters is 1. The lowest BCUT2D eigenvalue weighted by molar-refractivity contribution is 0.0397. The predicted molar refractivity (Wildman–Crippen MR) is 39.8 cm³/mol. The van der Waals surface area contributed by atoms with Gasteiger partial charge in [0.1, 0.15) is 0 Å². The minimum atomic E-state index is -2.92. The van der Waals surface area contributed by atoms with Crippen LogP contribution >= 0.6 is 11.6 Å². The molecule has 0 aliphatic carbocycles. The third-order valence-electron chi connectivity index (χ3n) is 1.31. The van der Waals surface area contributed by atoms with Gasteiger partial charge in [0.25, 0.3) is 0 Å². The number of aromatic nitrogens is 2. The van der Waals surface area contributed by atoms with E-state index in [0.29, 0.717) is 0 Å². The second kappa shape index (κ2) is 3.69. The van der Waals surface area contributed by atoms with Crippen molar-refractivity contribution in [1.29, 1.82) is 0 Å². The van der Waals surface area contributed by atoms with E-state index < -0.39 is 18.2 Å². The minimum absolute atomic E-state index is 0.160. The lowest BCUT2D eigenvalue weighted by Gasteiger charge is -2.03. The van der Waals surface area contributed by atoms with Crippen molar-refractivity contribution in [1.82, 2.24) is 9.78 Å². The fourth-order valence-corrected chi connectivity index (χ4v) is 0.984. The van der Waals surface area contributed by atoms with Crippen molar-refractivity contribution >= 4 is 17.6 Å². The molecule has 0 aromatic carbocycles. The summed E-state index contributed by atoms with van der Waals surface area (Å²) in [6.45, 7) is -2.92. The third-order valence-corrected chi connectivity index (χ3v) is 1.59. The molecule has 0 aliphatic heterocycles. The number of carbonyl (C=O) groups excluding carboxylic acids is 1. The molecule has 72 valence electrons. The van der Waals surface area contributed by atoms with E-state index in [4.69, 9.17) is 11.6 Å². The van der Waals surface area contributed by atoms with Crippen molar-refractivity contribution in [2.45, 2.75) is 6.55 Å². The molecule has 0 fully saturated rings. The lowest BCUT2D eigenvalue weighted by Crippen LogP contribution is -2.12. The fraction of sp³-hybridized carbons (Fsp3) is 0.333. The van der Waals surface area contributed by atoms with Gasteiger partial charge >= 0.3 is 12.5 Å². The van der Waals surface area contributed by atoms with Crippen LogP contribution in [0.4, 0.5) is 8.78 Å². The average molecular weight is 211 g/mol. The number of carbonyl (C=O) groups is 1. The molecule has 0 radical (unpaired) electrons. The van der Waals surface area contributed by atoms with Gasteiger partial charge < -0.3 is 4.74 Å². The molecule has 1 rings (SSSR count). The Morgan fingerprint density at radius 3 is 2.85 bits per heavy atom. The average Bonchev–Trinajstić information content (AvgIpc) is 2.46. The van der Waals surface area contributed by atoms with Crippen LogP contribution in [0.15, 0.2) is 6.20 Å². The maximum absolute atomic E-state index is 12.2. The smallest absolute Gasteiger partial charge is 0.358 e. The zero-order valence-corrected chi connectivity index (χ0v) is 7.26. The second-order valence-corrected chi connectivity index (χ2v) is 2.46. The van der Waals surface area contributed by atoms with E-state index in [0.717, 1.165) is 13.3 Å². The molecule has 1 aromatic heterocycles.